The van der Waals surface area contributed by atoms with Gasteiger partial charge >= 0.3 is 12.1 Å². The number of aliphatic imine (C=N–C) groups is 1. The Morgan fingerprint density at radius 1 is 1.17 bits per heavy atom. The van der Waals surface area contributed by atoms with Crippen molar-refractivity contribution >= 4 is 35.6 Å². The van der Waals surface area contributed by atoms with E-state index in [0.29, 0.717) is 36.1 Å². The Morgan fingerprint density at radius 2 is 1.96 bits per heavy atom. The van der Waals surface area contributed by atoms with Crippen LogP contribution in [0.1, 0.15) is 63.0 Å². The normalized spacial score (nSPS) is 27.3. The minimum Gasteiger partial charge on any atom is -0.493 e. The number of guanidine groups is 1. The number of carbonyl (C=O) groups is 5. The van der Waals surface area contributed by atoms with Gasteiger partial charge in [0.05, 0.1) is 25.6 Å². The molecule has 2 aliphatic carbocycles. The molecule has 16 nitrogen and oxygen atoms in total. The number of hydrogen-bond donors (Lipinski definition) is 5. The van der Waals surface area contributed by atoms with E-state index in [1.54, 1.807) is 7.11 Å². The second-order valence-electron chi connectivity index (χ2n) is 14.9. The van der Waals surface area contributed by atoms with Crippen LogP contribution in [0, 0.1) is 17.8 Å². The standard InChI is InChI=1S/C37H51N7O9/c1-20(45)41-19-25(46)16-22(5-4-12-40-35(38)39)33(47)42-18-24-15-23(34(48)49)10-13-44(24)36(50)52-29-9-7-26-27-17-21-6-8-28(51-3)31-30(21)37(26,32(29)53-31)11-14-43(27)2/h6,8-9,22-24,26-27,32H,4-5,7,10-19H2,1-3H3,(H,41,45)(H,42,47)(H,48,49)(H4,38,39,40)/t22-,23?,24?,26?,27-,32?,37+/m1/s1. The van der Waals surface area contributed by atoms with Crippen LogP contribution in [-0.4, -0.2) is 116 Å². The lowest BCUT2D eigenvalue weighted by Crippen LogP contribution is -2.63. The van der Waals surface area contributed by atoms with E-state index in [1.165, 1.54) is 17.4 Å². The third-order valence-electron chi connectivity index (χ3n) is 11.8. The summed E-state index contributed by atoms with van der Waals surface area (Å²) in [5, 5.41) is 15.2. The van der Waals surface area contributed by atoms with Crippen molar-refractivity contribution in [3.8, 4) is 11.5 Å². The molecule has 2 saturated heterocycles. The molecule has 288 valence electrons. The summed E-state index contributed by atoms with van der Waals surface area (Å²) >= 11 is 0. The summed E-state index contributed by atoms with van der Waals surface area (Å²) in [6, 6.07) is 3.68. The maximum atomic E-state index is 14.1. The Bertz CT molecular complexity index is 1690. The number of carboxylic acids is 1. The minimum absolute atomic E-state index is 0.0486. The van der Waals surface area contributed by atoms with Crippen molar-refractivity contribution in [1.82, 2.24) is 20.4 Å². The van der Waals surface area contributed by atoms with Crippen LogP contribution < -0.4 is 31.6 Å². The fraction of sp³-hybridized carbons (Fsp3) is 0.622. The molecule has 1 spiro atoms. The van der Waals surface area contributed by atoms with Gasteiger partial charge in [0, 0.05) is 55.9 Å². The molecular weight excluding hydrogens is 686 g/mol. The summed E-state index contributed by atoms with van der Waals surface area (Å²) in [7, 11) is 3.78. The Labute approximate surface area is 308 Å². The molecule has 0 radical (unpaired) electrons. The second kappa shape index (κ2) is 15.6. The predicted molar refractivity (Wildman–Crippen MR) is 192 cm³/mol. The second-order valence-corrected chi connectivity index (χ2v) is 14.9. The molecule has 4 unspecified atom stereocenters. The lowest BCUT2D eigenvalue weighted by molar-refractivity contribution is -0.144. The number of nitrogens with zero attached hydrogens (tertiary/aromatic N) is 3. The van der Waals surface area contributed by atoms with Crippen molar-refractivity contribution in [1.29, 1.82) is 0 Å². The number of amides is 3. The number of nitrogens with one attached hydrogen (secondary N) is 2. The van der Waals surface area contributed by atoms with Crippen LogP contribution in [0.2, 0.25) is 0 Å². The van der Waals surface area contributed by atoms with Gasteiger partial charge in [-0.3, -0.25) is 24.2 Å². The number of likely N-dealkylation sites (tertiary alicyclic amines) is 2. The molecule has 2 bridgehead atoms. The number of hydrogen-bond acceptors (Lipinski definition) is 10. The molecule has 3 amide bonds. The quantitative estimate of drug-likeness (QED) is 0.103. The first-order valence-corrected chi connectivity index (χ1v) is 18.4. The van der Waals surface area contributed by atoms with Gasteiger partial charge in [0.15, 0.2) is 29.3 Å². The summed E-state index contributed by atoms with van der Waals surface area (Å²) in [6.07, 6.45) is 4.14. The molecule has 1 aromatic rings. The highest BCUT2D eigenvalue weighted by Crippen LogP contribution is 2.63. The van der Waals surface area contributed by atoms with Crippen molar-refractivity contribution in [2.24, 2.45) is 34.2 Å². The van der Waals surface area contributed by atoms with Crippen molar-refractivity contribution < 1.29 is 43.3 Å². The van der Waals surface area contributed by atoms with E-state index >= 15 is 0 Å². The lowest BCUT2D eigenvalue weighted by atomic mass is 9.53. The van der Waals surface area contributed by atoms with Gasteiger partial charge in [0.1, 0.15) is 5.76 Å². The number of ether oxygens (including phenoxy) is 3. The number of nitrogens with two attached hydrogens (primary N) is 2. The molecule has 0 saturated carbocycles. The van der Waals surface area contributed by atoms with E-state index in [-0.39, 0.29) is 80.8 Å². The Hall–Kier alpha value is -4.86. The maximum absolute atomic E-state index is 14.1. The van der Waals surface area contributed by atoms with Gasteiger partial charge in [-0.2, -0.15) is 0 Å². The maximum Gasteiger partial charge on any atom is 0.415 e. The number of aliphatic carboxylic acids is 1. The van der Waals surface area contributed by atoms with Crippen molar-refractivity contribution in [2.45, 2.75) is 81.9 Å². The topological polar surface area (TPSA) is 228 Å². The molecule has 53 heavy (non-hydrogen) atoms. The highest BCUT2D eigenvalue weighted by atomic mass is 16.6. The molecule has 7 atom stereocenters. The number of ketones is 1. The number of carbonyl (C=O) groups excluding carboxylic acids is 4. The Morgan fingerprint density at radius 3 is 2.68 bits per heavy atom. The fourth-order valence-corrected chi connectivity index (χ4v) is 9.24. The average Bonchev–Trinajstić information content (AvgIpc) is 3.48. The first-order valence-electron chi connectivity index (χ1n) is 18.4. The van der Waals surface area contributed by atoms with Gasteiger partial charge in [-0.1, -0.05) is 6.07 Å². The van der Waals surface area contributed by atoms with Crippen LogP contribution in [0.15, 0.2) is 29.0 Å². The largest absolute Gasteiger partial charge is 0.493 e. The first-order chi connectivity index (χ1) is 25.3. The molecule has 16 heteroatoms. The molecule has 2 fully saturated rings. The molecular formula is C37H51N7O9. The van der Waals surface area contributed by atoms with Gasteiger partial charge in [-0.15, -0.1) is 0 Å². The minimum atomic E-state index is -0.980. The number of allylic oxidation sites excluding steroid dienone is 1. The summed E-state index contributed by atoms with van der Waals surface area (Å²) in [5.74, 6) is -1.63. The molecule has 6 rings (SSSR count). The highest BCUT2D eigenvalue weighted by molar-refractivity contribution is 5.89. The molecule has 7 N–H and O–H groups in total. The highest BCUT2D eigenvalue weighted by Gasteiger charge is 2.65. The van der Waals surface area contributed by atoms with E-state index in [0.717, 1.165) is 24.9 Å². The predicted octanol–water partition coefficient (Wildman–Crippen LogP) is 1.04. The van der Waals surface area contributed by atoms with Crippen LogP contribution in [-0.2, 0) is 35.8 Å². The van der Waals surface area contributed by atoms with Gasteiger partial charge in [-0.25, -0.2) is 4.79 Å². The summed E-state index contributed by atoms with van der Waals surface area (Å²) in [5.41, 5.74) is 12.9. The Balaban J connectivity index is 1.18. The number of benzene rings is 1. The van der Waals surface area contributed by atoms with E-state index in [2.05, 4.69) is 33.6 Å². The SMILES string of the molecule is COc1ccc2c3c1OC1C(OC(=O)N4CCC(C(=O)O)CC4CNC(=O)[C@H](CCCN=C(N)N)CC(=O)CNC(C)=O)=CCC4[C@@H](C2)N(C)CC[C@]314. The molecule has 1 aromatic carbocycles. The zero-order chi connectivity index (χ0) is 38.0. The van der Waals surface area contributed by atoms with E-state index < -0.39 is 42.0 Å². The van der Waals surface area contributed by atoms with Gasteiger partial charge in [-0.05, 0) is 82.2 Å². The van der Waals surface area contributed by atoms with Crippen LogP contribution in [0.5, 0.6) is 11.5 Å². The smallest absolute Gasteiger partial charge is 0.415 e. The molecule has 5 aliphatic rings. The van der Waals surface area contributed by atoms with Gasteiger partial charge in [0.2, 0.25) is 11.8 Å². The number of rotatable bonds is 14. The zero-order valence-electron chi connectivity index (χ0n) is 30.6. The number of carboxylic acid groups (broad SMARTS) is 1. The van der Waals surface area contributed by atoms with Crippen LogP contribution in [0.25, 0.3) is 0 Å². The van der Waals surface area contributed by atoms with Crippen molar-refractivity contribution in [3.05, 3.63) is 35.1 Å². The molecule has 0 aromatic heterocycles. The number of Topliss-reactive ketones (excluding diaryl/α,β-unsaturated/α-hetero) is 1. The van der Waals surface area contributed by atoms with Gasteiger partial charge < -0.3 is 51.2 Å². The molecule has 3 aliphatic heterocycles. The van der Waals surface area contributed by atoms with Gasteiger partial charge in [0.25, 0.3) is 0 Å². The van der Waals surface area contributed by atoms with Crippen LogP contribution >= 0.6 is 0 Å². The summed E-state index contributed by atoms with van der Waals surface area (Å²) in [6.45, 7) is 2.28. The van der Waals surface area contributed by atoms with E-state index in [1.807, 2.05) is 12.1 Å². The first kappa shape index (κ1) is 37.9. The van der Waals surface area contributed by atoms with E-state index in [9.17, 15) is 29.1 Å². The van der Waals surface area contributed by atoms with Crippen molar-refractivity contribution in [2.75, 3.05) is 46.9 Å². The fourth-order valence-electron chi connectivity index (χ4n) is 9.24. The van der Waals surface area contributed by atoms with Crippen molar-refractivity contribution in [3.63, 3.8) is 0 Å². The average molecular weight is 738 g/mol. The third-order valence-corrected chi connectivity index (χ3v) is 11.8. The Kier molecular flexibility index (Phi) is 11.2. The zero-order valence-corrected chi connectivity index (χ0v) is 30.6. The summed E-state index contributed by atoms with van der Waals surface area (Å²) < 4.78 is 18.7. The number of methoxy groups -OCH3 is 1. The van der Waals surface area contributed by atoms with Crippen LogP contribution in [0.3, 0.4) is 0 Å². The van der Waals surface area contributed by atoms with Crippen LogP contribution in [0.4, 0.5) is 4.79 Å². The number of piperidine rings is 2. The van der Waals surface area contributed by atoms with E-state index in [4.69, 9.17) is 25.7 Å². The number of likely N-dealkylation sites (N-methyl/N-ethyl adjacent to an activating group) is 1. The monoisotopic (exact) mass is 737 g/mol. The molecule has 3 heterocycles. The summed E-state index contributed by atoms with van der Waals surface area (Å²) in [4.78, 5) is 71.6. The lowest BCUT2D eigenvalue weighted by Gasteiger charge is -2.56. The third kappa shape index (κ3) is 7.50.